The minimum Gasteiger partial charge on any atom is -0.398 e. The Kier molecular flexibility index (Phi) is 4.18. The molecule has 21 heavy (non-hydrogen) atoms. The van der Waals surface area contributed by atoms with E-state index in [9.17, 15) is 13.2 Å². The van der Waals surface area contributed by atoms with Crippen molar-refractivity contribution in [1.29, 1.82) is 0 Å². The highest BCUT2D eigenvalue weighted by Gasteiger charge is 2.30. The molecule has 0 aliphatic heterocycles. The van der Waals surface area contributed by atoms with E-state index in [1.165, 1.54) is 6.07 Å². The van der Waals surface area contributed by atoms with Crippen molar-refractivity contribution in [3.05, 3.63) is 51.5 Å². The summed E-state index contributed by atoms with van der Waals surface area (Å²) < 4.78 is 39.0. The van der Waals surface area contributed by atoms with E-state index in [-0.39, 0.29) is 0 Å². The lowest BCUT2D eigenvalue weighted by Crippen LogP contribution is -2.06. The molecule has 0 aliphatic rings. The zero-order valence-electron chi connectivity index (χ0n) is 11.5. The second kappa shape index (κ2) is 5.60. The van der Waals surface area contributed by atoms with E-state index < -0.39 is 11.7 Å². The maximum absolute atomic E-state index is 12.8. The van der Waals surface area contributed by atoms with E-state index in [2.05, 4.69) is 21.2 Å². The fourth-order valence-corrected chi connectivity index (χ4v) is 2.33. The van der Waals surface area contributed by atoms with Crippen molar-refractivity contribution in [2.24, 2.45) is 0 Å². The predicted octanol–water partition coefficient (Wildman–Crippen LogP) is 5.41. The molecule has 2 rings (SSSR count). The number of hydrogen-bond acceptors (Lipinski definition) is 2. The van der Waals surface area contributed by atoms with E-state index >= 15 is 0 Å². The van der Waals surface area contributed by atoms with Crippen LogP contribution in [0.4, 0.5) is 30.2 Å². The molecule has 0 heterocycles. The van der Waals surface area contributed by atoms with Crippen LogP contribution >= 0.6 is 15.9 Å². The smallest absolute Gasteiger partial charge is 0.398 e. The highest BCUT2D eigenvalue weighted by molar-refractivity contribution is 9.10. The van der Waals surface area contributed by atoms with E-state index in [0.717, 1.165) is 23.3 Å². The average molecular weight is 359 g/mol. The number of rotatable bonds is 2. The molecule has 0 saturated heterocycles. The quantitative estimate of drug-likeness (QED) is 0.704. The van der Waals surface area contributed by atoms with Gasteiger partial charge in [0, 0.05) is 15.8 Å². The first-order valence-corrected chi connectivity index (χ1v) is 6.98. The van der Waals surface area contributed by atoms with Gasteiger partial charge in [0.05, 0.1) is 11.3 Å². The Bertz CT molecular complexity index is 681. The Hall–Kier alpha value is -1.69. The topological polar surface area (TPSA) is 38.0 Å². The Morgan fingerprint density at radius 3 is 2.29 bits per heavy atom. The molecule has 0 unspecified atom stereocenters. The Labute approximate surface area is 129 Å². The van der Waals surface area contributed by atoms with Crippen molar-refractivity contribution in [2.45, 2.75) is 20.0 Å². The monoisotopic (exact) mass is 358 g/mol. The maximum atomic E-state index is 12.8. The van der Waals surface area contributed by atoms with Gasteiger partial charge in [0.25, 0.3) is 0 Å². The van der Waals surface area contributed by atoms with Crippen LogP contribution in [-0.2, 0) is 6.18 Å². The first-order valence-electron chi connectivity index (χ1n) is 6.19. The van der Waals surface area contributed by atoms with Gasteiger partial charge in [-0.25, -0.2) is 0 Å². The zero-order valence-corrected chi connectivity index (χ0v) is 13.1. The molecule has 0 radical (unpaired) electrons. The lowest BCUT2D eigenvalue weighted by molar-refractivity contribution is -0.137. The van der Waals surface area contributed by atoms with Gasteiger partial charge in [-0.3, -0.25) is 0 Å². The molecule has 3 N–H and O–H groups in total. The van der Waals surface area contributed by atoms with Crippen molar-refractivity contribution >= 4 is 33.0 Å². The Morgan fingerprint density at radius 1 is 1.00 bits per heavy atom. The Morgan fingerprint density at radius 2 is 1.67 bits per heavy atom. The van der Waals surface area contributed by atoms with Gasteiger partial charge in [0.15, 0.2) is 0 Å². The molecule has 0 aromatic heterocycles. The summed E-state index contributed by atoms with van der Waals surface area (Å²) in [6.45, 7) is 3.59. The fourth-order valence-electron chi connectivity index (χ4n) is 1.87. The van der Waals surface area contributed by atoms with Crippen LogP contribution in [0.25, 0.3) is 0 Å². The first-order chi connectivity index (χ1) is 9.68. The van der Waals surface area contributed by atoms with Gasteiger partial charge in [-0.05, 0) is 65.2 Å². The van der Waals surface area contributed by atoms with E-state index in [1.807, 2.05) is 6.92 Å². The highest BCUT2D eigenvalue weighted by atomic mass is 79.9. The van der Waals surface area contributed by atoms with Crippen LogP contribution in [0.15, 0.2) is 34.8 Å². The third-order valence-electron chi connectivity index (χ3n) is 3.19. The second-order valence-corrected chi connectivity index (χ2v) is 5.70. The standard InChI is InChI=1S/C15H14BrF3N2/c1-8-3-4-10(15(17,18)19)6-13(8)21-14-5-9(2)12(20)7-11(14)16/h3-7,21H,20H2,1-2H3. The first kappa shape index (κ1) is 15.7. The molecule has 0 aliphatic carbocycles. The molecule has 0 amide bonds. The van der Waals surface area contributed by atoms with Crippen molar-refractivity contribution in [3.8, 4) is 0 Å². The van der Waals surface area contributed by atoms with Gasteiger partial charge in [-0.1, -0.05) is 6.07 Å². The van der Waals surface area contributed by atoms with Crippen LogP contribution < -0.4 is 11.1 Å². The predicted molar refractivity (Wildman–Crippen MR) is 82.8 cm³/mol. The van der Waals surface area contributed by atoms with Crippen LogP contribution in [-0.4, -0.2) is 0 Å². The van der Waals surface area contributed by atoms with Crippen molar-refractivity contribution in [3.63, 3.8) is 0 Å². The van der Waals surface area contributed by atoms with Crippen LogP contribution in [0.2, 0.25) is 0 Å². The van der Waals surface area contributed by atoms with Gasteiger partial charge < -0.3 is 11.1 Å². The number of nitrogens with one attached hydrogen (secondary N) is 1. The van der Waals surface area contributed by atoms with E-state index in [1.54, 1.807) is 19.1 Å². The lowest BCUT2D eigenvalue weighted by atomic mass is 10.1. The number of hydrogen-bond donors (Lipinski definition) is 2. The minimum absolute atomic E-state index is 0.412. The molecule has 6 heteroatoms. The number of benzene rings is 2. The molecule has 2 aromatic rings. The molecule has 2 nitrogen and oxygen atoms in total. The van der Waals surface area contributed by atoms with Gasteiger partial charge in [-0.2, -0.15) is 13.2 Å². The summed E-state index contributed by atoms with van der Waals surface area (Å²) in [5.74, 6) is 0. The van der Waals surface area contributed by atoms with Gasteiger partial charge >= 0.3 is 6.18 Å². The molecule has 2 aromatic carbocycles. The van der Waals surface area contributed by atoms with E-state index in [4.69, 9.17) is 5.73 Å². The number of anilines is 3. The van der Waals surface area contributed by atoms with Crippen molar-refractivity contribution in [1.82, 2.24) is 0 Å². The van der Waals surface area contributed by atoms with E-state index in [0.29, 0.717) is 21.5 Å². The molecule has 0 saturated carbocycles. The molecular formula is C15H14BrF3N2. The fraction of sp³-hybridized carbons (Fsp3) is 0.200. The van der Waals surface area contributed by atoms with Gasteiger partial charge in [0.2, 0.25) is 0 Å². The third-order valence-corrected chi connectivity index (χ3v) is 3.85. The van der Waals surface area contributed by atoms with Crippen molar-refractivity contribution < 1.29 is 13.2 Å². The number of aryl methyl sites for hydroxylation is 2. The lowest BCUT2D eigenvalue weighted by Gasteiger charge is -2.15. The zero-order chi connectivity index (χ0) is 15.8. The van der Waals surface area contributed by atoms with Crippen LogP contribution in [0.5, 0.6) is 0 Å². The third kappa shape index (κ3) is 3.50. The summed E-state index contributed by atoms with van der Waals surface area (Å²) in [6.07, 6.45) is -4.36. The van der Waals surface area contributed by atoms with Crippen molar-refractivity contribution in [2.75, 3.05) is 11.1 Å². The summed E-state index contributed by atoms with van der Waals surface area (Å²) in [7, 11) is 0. The molecule has 0 spiro atoms. The molecule has 112 valence electrons. The maximum Gasteiger partial charge on any atom is 0.416 e. The SMILES string of the molecule is Cc1cc(Nc2cc(C(F)(F)F)ccc2C)c(Br)cc1N. The number of nitrogens with two attached hydrogens (primary N) is 1. The van der Waals surface area contributed by atoms with Gasteiger partial charge in [0.1, 0.15) is 0 Å². The van der Waals surface area contributed by atoms with Crippen LogP contribution in [0.3, 0.4) is 0 Å². The highest BCUT2D eigenvalue weighted by Crippen LogP contribution is 2.35. The summed E-state index contributed by atoms with van der Waals surface area (Å²) >= 11 is 3.36. The largest absolute Gasteiger partial charge is 0.416 e. The summed E-state index contributed by atoms with van der Waals surface area (Å²) in [5.41, 5.74) is 8.39. The molecule has 0 fully saturated rings. The molecular weight excluding hydrogens is 345 g/mol. The van der Waals surface area contributed by atoms with Crippen LogP contribution in [0.1, 0.15) is 16.7 Å². The summed E-state index contributed by atoms with van der Waals surface area (Å²) in [5, 5.41) is 3.02. The number of alkyl halides is 3. The second-order valence-electron chi connectivity index (χ2n) is 4.84. The summed E-state index contributed by atoms with van der Waals surface area (Å²) in [6, 6.07) is 7.14. The van der Waals surface area contributed by atoms with Crippen LogP contribution in [0, 0.1) is 13.8 Å². The normalized spacial score (nSPS) is 11.5. The van der Waals surface area contributed by atoms with Gasteiger partial charge in [-0.15, -0.1) is 0 Å². The minimum atomic E-state index is -4.36. The molecule has 0 bridgehead atoms. The number of halogens is 4. The Balaban J connectivity index is 2.42. The molecule has 0 atom stereocenters. The average Bonchev–Trinajstić information content (AvgIpc) is 2.37. The summed E-state index contributed by atoms with van der Waals surface area (Å²) in [4.78, 5) is 0. The number of nitrogen functional groups attached to an aromatic ring is 1.